The number of amidine groups is 2. The number of thioether (sulfide) groups is 1. The number of hydrogen-bond acceptors (Lipinski definition) is 7. The van der Waals surface area contributed by atoms with E-state index in [4.69, 9.17) is 31.2 Å². The molecule has 0 atom stereocenters. The van der Waals surface area contributed by atoms with Crippen LogP contribution in [0.25, 0.3) is 6.08 Å². The summed E-state index contributed by atoms with van der Waals surface area (Å²) >= 11 is 7.66. The summed E-state index contributed by atoms with van der Waals surface area (Å²) in [7, 11) is 1.51. The van der Waals surface area contributed by atoms with Crippen LogP contribution < -0.4 is 14.2 Å². The Bertz CT molecular complexity index is 1240. The van der Waals surface area contributed by atoms with Crippen molar-refractivity contribution in [2.45, 2.75) is 20.3 Å². The molecule has 2 aliphatic heterocycles. The van der Waals surface area contributed by atoms with Crippen LogP contribution in [0.4, 0.5) is 0 Å². The zero-order valence-electron chi connectivity index (χ0n) is 18.9. The minimum atomic E-state index is -0.506. The summed E-state index contributed by atoms with van der Waals surface area (Å²) in [5.74, 6) is 1.14. The zero-order valence-corrected chi connectivity index (χ0v) is 20.5. The van der Waals surface area contributed by atoms with Crippen molar-refractivity contribution in [2.75, 3.05) is 20.3 Å². The fraction of sp³-hybridized carbons (Fsp3) is 0.250. The van der Waals surface area contributed by atoms with E-state index in [1.807, 2.05) is 19.1 Å². The molecule has 0 unspecified atom stereocenters. The van der Waals surface area contributed by atoms with Crippen LogP contribution >= 0.6 is 23.4 Å². The second-order valence-electron chi connectivity index (χ2n) is 7.54. The molecular formula is C24H23ClN4O4S. The van der Waals surface area contributed by atoms with Gasteiger partial charge in [0.15, 0.2) is 22.5 Å². The summed E-state index contributed by atoms with van der Waals surface area (Å²) in [6, 6.07) is 9.33. The fourth-order valence-electron chi connectivity index (χ4n) is 3.36. The van der Waals surface area contributed by atoms with E-state index in [9.17, 15) is 4.79 Å². The zero-order chi connectivity index (χ0) is 24.2. The van der Waals surface area contributed by atoms with Crippen LogP contribution in [0.15, 0.2) is 46.0 Å². The van der Waals surface area contributed by atoms with E-state index >= 15 is 0 Å². The van der Waals surface area contributed by atoms with Crippen molar-refractivity contribution in [2.24, 2.45) is 10.1 Å². The smallest absolute Gasteiger partial charge is 0.283 e. The maximum atomic E-state index is 12.4. The minimum Gasteiger partial charge on any atom is -0.493 e. The van der Waals surface area contributed by atoms with Crippen molar-refractivity contribution in [3.63, 3.8) is 0 Å². The highest BCUT2D eigenvalue weighted by atomic mass is 35.5. The van der Waals surface area contributed by atoms with Gasteiger partial charge in [-0.2, -0.15) is 15.1 Å². The number of methoxy groups -OCH3 is 1. The molecule has 0 saturated heterocycles. The fourth-order valence-corrected chi connectivity index (χ4v) is 4.25. The third kappa shape index (κ3) is 4.95. The first-order valence-corrected chi connectivity index (χ1v) is 11.8. The number of fused-ring (bicyclic) bond motifs is 1. The predicted octanol–water partition coefficient (Wildman–Crippen LogP) is 5.06. The van der Waals surface area contributed by atoms with Gasteiger partial charge in [0, 0.05) is 6.42 Å². The summed E-state index contributed by atoms with van der Waals surface area (Å²) in [5.41, 5.74) is 4.53. The van der Waals surface area contributed by atoms with Gasteiger partial charge in [-0.15, -0.1) is 0 Å². The van der Waals surface area contributed by atoms with Crippen LogP contribution in [0, 0.1) is 19.3 Å². The predicted molar refractivity (Wildman–Crippen MR) is 136 cm³/mol. The molecular weight excluding hydrogens is 476 g/mol. The summed E-state index contributed by atoms with van der Waals surface area (Å²) in [6.45, 7) is 4.97. The highest BCUT2D eigenvalue weighted by Crippen LogP contribution is 2.37. The lowest BCUT2D eigenvalue weighted by atomic mass is 10.1. The number of nitrogens with one attached hydrogen (secondary N) is 1. The topological polar surface area (TPSA) is 96.6 Å². The first kappa shape index (κ1) is 23.8. The minimum absolute atomic E-state index is 0.0458. The van der Waals surface area contributed by atoms with Crippen LogP contribution in [-0.4, -0.2) is 47.8 Å². The Kier molecular flexibility index (Phi) is 7.23. The quantitative estimate of drug-likeness (QED) is 0.403. The highest BCUT2D eigenvalue weighted by Gasteiger charge is 2.32. The summed E-state index contributed by atoms with van der Waals surface area (Å²) < 4.78 is 17.2. The van der Waals surface area contributed by atoms with Gasteiger partial charge in [-0.05, 0) is 66.6 Å². The van der Waals surface area contributed by atoms with E-state index in [-0.39, 0.29) is 11.4 Å². The Morgan fingerprint density at radius 2 is 1.97 bits per heavy atom. The van der Waals surface area contributed by atoms with Gasteiger partial charge in [0.1, 0.15) is 5.75 Å². The van der Waals surface area contributed by atoms with Crippen LogP contribution in [0.2, 0.25) is 5.02 Å². The van der Waals surface area contributed by atoms with Gasteiger partial charge in [0.2, 0.25) is 0 Å². The van der Waals surface area contributed by atoms with E-state index in [0.717, 1.165) is 11.3 Å². The first-order valence-electron chi connectivity index (χ1n) is 10.5. The standard InChI is InChI=1S/C24H23ClN4O4S/c1-14-6-4-7-19(15(14)2)32-8-5-9-33-21-18(25)11-16(12-20(21)31-3)10-17-22(26)29-24(28-23(17)30)34-13-27-29/h4,6-7,10-13,26H,5,8-9H2,1-3H3. The maximum Gasteiger partial charge on any atom is 0.283 e. The number of hydrazone groups is 1. The lowest BCUT2D eigenvalue weighted by Gasteiger charge is -2.20. The largest absolute Gasteiger partial charge is 0.493 e. The molecule has 0 fully saturated rings. The molecule has 0 radical (unpaired) electrons. The number of aryl methyl sites for hydroxylation is 1. The summed E-state index contributed by atoms with van der Waals surface area (Å²) in [6.07, 6.45) is 2.19. The van der Waals surface area contributed by atoms with Gasteiger partial charge in [0.25, 0.3) is 5.91 Å². The number of halogens is 1. The molecule has 2 aliphatic rings. The molecule has 0 aromatic heterocycles. The van der Waals surface area contributed by atoms with E-state index in [0.29, 0.717) is 46.9 Å². The van der Waals surface area contributed by atoms with Crippen LogP contribution in [-0.2, 0) is 4.79 Å². The van der Waals surface area contributed by atoms with Crippen molar-refractivity contribution < 1.29 is 19.0 Å². The Balaban J connectivity index is 1.42. The van der Waals surface area contributed by atoms with Crippen molar-refractivity contribution in [3.05, 3.63) is 57.6 Å². The highest BCUT2D eigenvalue weighted by molar-refractivity contribution is 8.25. The molecule has 8 nitrogen and oxygen atoms in total. The molecule has 4 rings (SSSR count). The van der Waals surface area contributed by atoms with Crippen LogP contribution in [0.5, 0.6) is 17.2 Å². The normalized spacial score (nSPS) is 16.1. The average Bonchev–Trinajstić information content (AvgIpc) is 3.28. The van der Waals surface area contributed by atoms with Crippen LogP contribution in [0.1, 0.15) is 23.1 Å². The maximum absolute atomic E-state index is 12.4. The van der Waals surface area contributed by atoms with Crippen molar-refractivity contribution in [1.29, 1.82) is 5.41 Å². The van der Waals surface area contributed by atoms with Crippen molar-refractivity contribution in [3.8, 4) is 17.2 Å². The van der Waals surface area contributed by atoms with E-state index in [1.54, 1.807) is 18.2 Å². The van der Waals surface area contributed by atoms with E-state index in [1.165, 1.54) is 35.0 Å². The number of carbonyl (C=O) groups excluding carboxylic acids is 1. The van der Waals surface area contributed by atoms with Gasteiger partial charge < -0.3 is 14.2 Å². The number of carbonyl (C=O) groups is 1. The lowest BCUT2D eigenvalue weighted by molar-refractivity contribution is -0.114. The third-order valence-corrected chi connectivity index (χ3v) is 6.26. The molecule has 176 valence electrons. The number of nitrogens with zero attached hydrogens (tertiary/aromatic N) is 3. The van der Waals surface area contributed by atoms with Gasteiger partial charge >= 0.3 is 0 Å². The number of amides is 1. The van der Waals surface area contributed by atoms with Gasteiger partial charge in [-0.1, -0.05) is 23.7 Å². The van der Waals surface area contributed by atoms with Crippen LogP contribution in [0.3, 0.4) is 0 Å². The molecule has 1 N–H and O–H groups in total. The SMILES string of the molecule is COc1cc(C=C2C(=N)N3N=CSC3=NC2=O)cc(Cl)c1OCCCOc1cccc(C)c1C. The van der Waals surface area contributed by atoms with E-state index in [2.05, 4.69) is 23.1 Å². The first-order chi connectivity index (χ1) is 16.4. The molecule has 10 heteroatoms. The molecule has 1 amide bonds. The molecule has 0 bridgehead atoms. The van der Waals surface area contributed by atoms with Crippen molar-refractivity contribution >= 4 is 51.9 Å². The Hall–Kier alpha value is -3.30. The summed E-state index contributed by atoms with van der Waals surface area (Å²) in [5, 5.41) is 14.4. The number of hydrogen-bond donors (Lipinski definition) is 1. The van der Waals surface area contributed by atoms with Crippen molar-refractivity contribution in [1.82, 2.24) is 5.01 Å². The Labute approximate surface area is 206 Å². The second-order valence-corrected chi connectivity index (χ2v) is 8.76. The lowest BCUT2D eigenvalue weighted by Crippen LogP contribution is -2.35. The number of benzene rings is 2. The van der Waals surface area contributed by atoms with Gasteiger partial charge in [-0.25, -0.2) is 0 Å². The third-order valence-electron chi connectivity index (χ3n) is 5.31. The molecule has 0 aliphatic carbocycles. The molecule has 0 saturated carbocycles. The molecule has 2 heterocycles. The second kappa shape index (κ2) is 10.3. The van der Waals surface area contributed by atoms with Gasteiger partial charge in [-0.3, -0.25) is 10.2 Å². The van der Waals surface area contributed by atoms with E-state index < -0.39 is 5.91 Å². The number of aliphatic imine (C=N–C) groups is 1. The van der Waals surface area contributed by atoms with Gasteiger partial charge in [0.05, 0.1) is 36.5 Å². The monoisotopic (exact) mass is 498 g/mol. The molecule has 0 spiro atoms. The Morgan fingerprint density at radius 3 is 2.76 bits per heavy atom. The average molecular weight is 499 g/mol. The summed E-state index contributed by atoms with van der Waals surface area (Å²) in [4.78, 5) is 16.4. The number of rotatable bonds is 8. The molecule has 2 aromatic carbocycles. The number of ether oxygens (including phenoxy) is 3. The molecule has 34 heavy (non-hydrogen) atoms. The molecule has 2 aromatic rings. The Morgan fingerprint density at radius 1 is 1.18 bits per heavy atom.